The predicted molar refractivity (Wildman–Crippen MR) is 41.8 cm³/mol. The Morgan fingerprint density at radius 3 is 2.75 bits per heavy atom. The quantitative estimate of drug-likeness (QED) is 0.632. The lowest BCUT2D eigenvalue weighted by Crippen LogP contribution is -1.63. The van der Waals surface area contributed by atoms with Gasteiger partial charge in [0.15, 0.2) is 0 Å². The Hall–Kier alpha value is -0.0800. The zero-order valence-electron chi connectivity index (χ0n) is 3.89. The molecule has 0 bridgehead atoms. The first-order chi connectivity index (χ1) is 3.84. The summed E-state index contributed by atoms with van der Waals surface area (Å²) < 4.78 is 1.05. The molecule has 0 atom stereocenters. The fraction of sp³-hybridized carbons (Fsp3) is 0. The Labute approximate surface area is 65.1 Å². The SMILES string of the molecule is N#Cc1sccc1I. The third-order valence-electron chi connectivity index (χ3n) is 0.719. The first-order valence-corrected chi connectivity index (χ1v) is 3.93. The molecule has 40 valence electrons. The van der Waals surface area contributed by atoms with Crippen LogP contribution < -0.4 is 0 Å². The molecule has 1 rings (SSSR count). The molecule has 0 amide bonds. The van der Waals surface area contributed by atoms with Gasteiger partial charge in [-0.1, -0.05) is 0 Å². The zero-order chi connectivity index (χ0) is 5.98. The second-order valence-electron chi connectivity index (χ2n) is 1.21. The summed E-state index contributed by atoms with van der Waals surface area (Å²) in [5, 5.41) is 10.3. The molecule has 0 aliphatic rings. The van der Waals surface area contributed by atoms with E-state index in [4.69, 9.17) is 5.26 Å². The monoisotopic (exact) mass is 235 g/mol. The van der Waals surface area contributed by atoms with Gasteiger partial charge in [-0.2, -0.15) is 5.26 Å². The standard InChI is InChI=1S/C5H2INS/c6-4-1-2-8-5(4)3-7/h1-2H. The molecule has 0 aliphatic heterocycles. The summed E-state index contributed by atoms with van der Waals surface area (Å²) in [6.45, 7) is 0. The van der Waals surface area contributed by atoms with Gasteiger partial charge in [0.1, 0.15) is 10.9 Å². The third-order valence-corrected chi connectivity index (χ3v) is 2.80. The van der Waals surface area contributed by atoms with Crippen LogP contribution in [0, 0.1) is 14.9 Å². The van der Waals surface area contributed by atoms with Crippen molar-refractivity contribution in [2.45, 2.75) is 0 Å². The lowest BCUT2D eigenvalue weighted by Gasteiger charge is -1.74. The lowest BCUT2D eigenvalue weighted by molar-refractivity contribution is 1.52. The number of rotatable bonds is 0. The molecule has 1 nitrogen and oxygen atoms in total. The van der Waals surface area contributed by atoms with E-state index in [2.05, 4.69) is 28.7 Å². The first kappa shape index (κ1) is 6.05. The molecule has 0 aliphatic carbocycles. The summed E-state index contributed by atoms with van der Waals surface area (Å²) in [5.41, 5.74) is 0. The minimum absolute atomic E-state index is 0.811. The number of nitriles is 1. The normalized spacial score (nSPS) is 8.50. The van der Waals surface area contributed by atoms with Crippen molar-refractivity contribution in [1.82, 2.24) is 0 Å². The maximum Gasteiger partial charge on any atom is 0.118 e. The van der Waals surface area contributed by atoms with Crippen LogP contribution in [0.25, 0.3) is 0 Å². The van der Waals surface area contributed by atoms with Crippen LogP contribution in [0.5, 0.6) is 0 Å². The number of thiophene rings is 1. The third kappa shape index (κ3) is 1.01. The molecule has 3 heteroatoms. The largest absolute Gasteiger partial charge is 0.191 e. The minimum atomic E-state index is 0.811. The van der Waals surface area contributed by atoms with Gasteiger partial charge in [0.2, 0.25) is 0 Å². The van der Waals surface area contributed by atoms with E-state index in [-0.39, 0.29) is 0 Å². The lowest BCUT2D eigenvalue weighted by atomic mass is 10.5. The van der Waals surface area contributed by atoms with Gasteiger partial charge in [-0.05, 0) is 34.0 Å². The Balaban J connectivity index is 3.15. The van der Waals surface area contributed by atoms with E-state index >= 15 is 0 Å². The molecule has 0 fully saturated rings. The van der Waals surface area contributed by atoms with Gasteiger partial charge >= 0.3 is 0 Å². The molecule has 0 saturated carbocycles. The van der Waals surface area contributed by atoms with Crippen LogP contribution in [0.4, 0.5) is 0 Å². The van der Waals surface area contributed by atoms with E-state index in [0.29, 0.717) is 0 Å². The maximum absolute atomic E-state index is 8.36. The van der Waals surface area contributed by atoms with E-state index < -0.39 is 0 Å². The summed E-state index contributed by atoms with van der Waals surface area (Å²) in [5.74, 6) is 0. The van der Waals surface area contributed by atoms with Crippen LogP contribution in [0.2, 0.25) is 0 Å². The van der Waals surface area contributed by atoms with Gasteiger partial charge < -0.3 is 0 Å². The second kappa shape index (κ2) is 2.46. The molecule has 0 saturated heterocycles. The van der Waals surface area contributed by atoms with Crippen molar-refractivity contribution in [2.24, 2.45) is 0 Å². The van der Waals surface area contributed by atoms with E-state index in [0.717, 1.165) is 8.45 Å². The Morgan fingerprint density at radius 1 is 1.75 bits per heavy atom. The highest BCUT2D eigenvalue weighted by atomic mass is 127. The van der Waals surface area contributed by atoms with Gasteiger partial charge in [-0.25, -0.2) is 0 Å². The average molecular weight is 235 g/mol. The van der Waals surface area contributed by atoms with E-state index in [1.807, 2.05) is 11.4 Å². The molecule has 8 heavy (non-hydrogen) atoms. The van der Waals surface area contributed by atoms with Crippen LogP contribution in [-0.2, 0) is 0 Å². The van der Waals surface area contributed by atoms with Crippen molar-refractivity contribution in [3.8, 4) is 6.07 Å². The van der Waals surface area contributed by atoms with Crippen LogP contribution in [0.3, 0.4) is 0 Å². The van der Waals surface area contributed by atoms with Crippen molar-refractivity contribution in [1.29, 1.82) is 5.26 Å². The van der Waals surface area contributed by atoms with Gasteiger partial charge in [-0.15, -0.1) is 11.3 Å². The first-order valence-electron chi connectivity index (χ1n) is 1.97. The Kier molecular flexibility index (Phi) is 1.86. The molecule has 0 N–H and O–H groups in total. The molecule has 1 heterocycles. The minimum Gasteiger partial charge on any atom is -0.191 e. The maximum atomic E-state index is 8.36. The van der Waals surface area contributed by atoms with Gasteiger partial charge in [0.25, 0.3) is 0 Å². The van der Waals surface area contributed by atoms with E-state index in [1.165, 1.54) is 11.3 Å². The topological polar surface area (TPSA) is 23.8 Å². The van der Waals surface area contributed by atoms with E-state index in [1.54, 1.807) is 0 Å². The highest BCUT2D eigenvalue weighted by Gasteiger charge is 1.95. The Morgan fingerprint density at radius 2 is 2.50 bits per heavy atom. The Bertz CT molecular complexity index is 223. The number of nitrogens with zero attached hydrogens (tertiary/aromatic N) is 1. The van der Waals surface area contributed by atoms with Crippen LogP contribution in [-0.4, -0.2) is 0 Å². The summed E-state index contributed by atoms with van der Waals surface area (Å²) in [4.78, 5) is 0.811. The number of halogens is 1. The van der Waals surface area contributed by atoms with Gasteiger partial charge in [-0.3, -0.25) is 0 Å². The molecular formula is C5H2INS. The summed E-state index contributed by atoms with van der Waals surface area (Å²) >= 11 is 3.62. The summed E-state index contributed by atoms with van der Waals surface area (Å²) in [6.07, 6.45) is 0. The summed E-state index contributed by atoms with van der Waals surface area (Å²) in [6, 6.07) is 4.02. The molecule has 0 unspecified atom stereocenters. The number of hydrogen-bond donors (Lipinski definition) is 0. The fourth-order valence-electron chi connectivity index (χ4n) is 0.374. The molecule has 0 radical (unpaired) electrons. The predicted octanol–water partition coefficient (Wildman–Crippen LogP) is 2.22. The molecule has 0 aromatic carbocycles. The molecular weight excluding hydrogens is 233 g/mol. The molecule has 0 spiro atoms. The fourth-order valence-corrected chi connectivity index (χ4v) is 1.87. The van der Waals surface area contributed by atoms with Gasteiger partial charge in [0, 0.05) is 3.57 Å². The van der Waals surface area contributed by atoms with Crippen LogP contribution >= 0.6 is 33.9 Å². The zero-order valence-corrected chi connectivity index (χ0v) is 6.86. The molecule has 1 aromatic rings. The van der Waals surface area contributed by atoms with Crippen molar-refractivity contribution >= 4 is 33.9 Å². The highest BCUT2D eigenvalue weighted by molar-refractivity contribution is 14.1. The van der Waals surface area contributed by atoms with Crippen molar-refractivity contribution in [2.75, 3.05) is 0 Å². The van der Waals surface area contributed by atoms with Crippen LogP contribution in [0.15, 0.2) is 11.4 Å². The smallest absolute Gasteiger partial charge is 0.118 e. The van der Waals surface area contributed by atoms with Crippen LogP contribution in [0.1, 0.15) is 4.88 Å². The average Bonchev–Trinajstić information content (AvgIpc) is 2.14. The second-order valence-corrected chi connectivity index (χ2v) is 3.29. The summed E-state index contributed by atoms with van der Waals surface area (Å²) in [7, 11) is 0. The van der Waals surface area contributed by atoms with Crippen molar-refractivity contribution in [3.05, 3.63) is 19.9 Å². The van der Waals surface area contributed by atoms with Gasteiger partial charge in [0.05, 0.1) is 0 Å². The highest BCUT2D eigenvalue weighted by Crippen LogP contribution is 2.16. The number of hydrogen-bond acceptors (Lipinski definition) is 2. The van der Waals surface area contributed by atoms with Crippen molar-refractivity contribution in [3.63, 3.8) is 0 Å². The van der Waals surface area contributed by atoms with E-state index in [9.17, 15) is 0 Å². The molecule has 1 aromatic heterocycles. The van der Waals surface area contributed by atoms with Crippen molar-refractivity contribution < 1.29 is 0 Å².